The summed E-state index contributed by atoms with van der Waals surface area (Å²) in [7, 11) is 0. The van der Waals surface area contributed by atoms with E-state index in [2.05, 4.69) is 14.9 Å². The number of unbranched alkanes of at least 4 members (excludes halogenated alkanes) is 1. The van der Waals surface area contributed by atoms with Crippen LogP contribution in [0, 0.1) is 0 Å². The number of hydrogen-bond donors (Lipinski definition) is 1. The second kappa shape index (κ2) is 5.87. The van der Waals surface area contributed by atoms with Crippen molar-refractivity contribution < 1.29 is 4.79 Å². The maximum atomic E-state index is 11.1. The summed E-state index contributed by atoms with van der Waals surface area (Å²) in [6, 6.07) is 5.79. The number of carbonyl (C=O) groups is 1. The molecule has 2 aromatic rings. The fraction of sp³-hybridized carbons (Fsp3) is 0.385. The Bertz CT molecular complexity index is 550. The minimum atomic E-state index is -0.0841. The maximum absolute atomic E-state index is 11.1. The lowest BCUT2D eigenvalue weighted by Crippen LogP contribution is -2.06. The van der Waals surface area contributed by atoms with Crippen LogP contribution in [-0.4, -0.2) is 21.3 Å². The summed E-state index contributed by atoms with van der Waals surface area (Å²) in [4.78, 5) is 15.5. The summed E-state index contributed by atoms with van der Waals surface area (Å²) in [5.41, 5.74) is 2.63. The number of halogens is 1. The van der Waals surface area contributed by atoms with Crippen LogP contribution in [0.3, 0.4) is 0 Å². The Hall–Kier alpha value is -1.55. The number of amides is 1. The predicted molar refractivity (Wildman–Crippen MR) is 74.0 cm³/mol. The molecule has 0 spiro atoms. The highest BCUT2D eigenvalue weighted by Gasteiger charge is 2.07. The molecule has 0 saturated heterocycles. The first kappa shape index (κ1) is 12.9. The lowest BCUT2D eigenvalue weighted by atomic mass is 10.2. The van der Waals surface area contributed by atoms with Crippen LogP contribution in [0.2, 0.25) is 0 Å². The van der Waals surface area contributed by atoms with Gasteiger partial charge in [0.05, 0.1) is 17.5 Å². The molecule has 2 rings (SSSR count). The average molecular weight is 266 g/mol. The molecule has 0 atom stereocenters. The zero-order chi connectivity index (χ0) is 13.0. The number of nitrogens with one attached hydrogen (secondary N) is 1. The third-order valence-corrected chi connectivity index (χ3v) is 3.01. The van der Waals surface area contributed by atoms with Crippen LogP contribution in [0.4, 0.5) is 5.69 Å². The molecule has 1 heterocycles. The van der Waals surface area contributed by atoms with Gasteiger partial charge in [-0.05, 0) is 25.0 Å². The minimum absolute atomic E-state index is 0.0841. The Morgan fingerprint density at radius 3 is 3.00 bits per heavy atom. The zero-order valence-corrected chi connectivity index (χ0v) is 11.1. The van der Waals surface area contributed by atoms with Crippen LogP contribution in [-0.2, 0) is 11.3 Å². The van der Waals surface area contributed by atoms with E-state index in [4.69, 9.17) is 11.6 Å². The van der Waals surface area contributed by atoms with Gasteiger partial charge in [-0.2, -0.15) is 0 Å². The minimum Gasteiger partial charge on any atom is -0.331 e. The summed E-state index contributed by atoms with van der Waals surface area (Å²) >= 11 is 5.67. The van der Waals surface area contributed by atoms with E-state index in [0.29, 0.717) is 5.88 Å². The van der Waals surface area contributed by atoms with Gasteiger partial charge in [-0.1, -0.05) is 6.07 Å². The maximum Gasteiger partial charge on any atom is 0.221 e. The Kier molecular flexibility index (Phi) is 4.20. The van der Waals surface area contributed by atoms with Gasteiger partial charge in [-0.3, -0.25) is 4.79 Å². The third-order valence-electron chi connectivity index (χ3n) is 2.74. The van der Waals surface area contributed by atoms with Crippen LogP contribution in [0.5, 0.6) is 0 Å². The molecule has 0 unspecified atom stereocenters. The van der Waals surface area contributed by atoms with Crippen molar-refractivity contribution in [1.82, 2.24) is 9.55 Å². The average Bonchev–Trinajstić information content (AvgIpc) is 2.74. The van der Waals surface area contributed by atoms with Crippen LogP contribution in [0.15, 0.2) is 24.5 Å². The summed E-state index contributed by atoms with van der Waals surface area (Å²) in [6.45, 7) is 2.39. The molecule has 1 amide bonds. The van der Waals surface area contributed by atoms with E-state index >= 15 is 0 Å². The molecule has 0 aliphatic rings. The van der Waals surface area contributed by atoms with Gasteiger partial charge in [0.2, 0.25) is 5.91 Å². The van der Waals surface area contributed by atoms with E-state index in [1.165, 1.54) is 6.92 Å². The Morgan fingerprint density at radius 1 is 1.44 bits per heavy atom. The van der Waals surface area contributed by atoms with Gasteiger partial charge in [0.25, 0.3) is 0 Å². The summed E-state index contributed by atoms with van der Waals surface area (Å²) in [5.74, 6) is 0.600. The molecule has 1 N–H and O–H groups in total. The van der Waals surface area contributed by atoms with Crippen LogP contribution in [0.25, 0.3) is 11.0 Å². The quantitative estimate of drug-likeness (QED) is 0.667. The lowest BCUT2D eigenvalue weighted by molar-refractivity contribution is -0.114. The normalized spacial score (nSPS) is 10.8. The van der Waals surface area contributed by atoms with E-state index in [9.17, 15) is 4.79 Å². The van der Waals surface area contributed by atoms with Gasteiger partial charge in [0, 0.05) is 19.3 Å². The number of benzene rings is 1. The molecule has 0 saturated carbocycles. The first-order chi connectivity index (χ1) is 8.72. The number of aromatic nitrogens is 2. The first-order valence-corrected chi connectivity index (χ1v) is 6.53. The van der Waals surface area contributed by atoms with Gasteiger partial charge in [-0.15, -0.1) is 11.6 Å². The fourth-order valence-electron chi connectivity index (χ4n) is 1.93. The molecule has 0 fully saturated rings. The van der Waals surface area contributed by atoms with Crippen molar-refractivity contribution in [3.63, 3.8) is 0 Å². The molecule has 1 aromatic carbocycles. The van der Waals surface area contributed by atoms with Crippen molar-refractivity contribution in [2.45, 2.75) is 26.3 Å². The number of alkyl halides is 1. The number of para-hydroxylation sites is 1. The molecular formula is C13H16ClN3O. The Morgan fingerprint density at radius 2 is 2.28 bits per heavy atom. The molecule has 96 valence electrons. The number of fused-ring (bicyclic) bond motifs is 1. The standard InChI is InChI=1S/C13H16ClN3O/c1-10(18)16-11-5-4-6-12-13(11)15-9-17(12)8-3-2-7-14/h4-6,9H,2-3,7-8H2,1H3,(H,16,18). The molecule has 1 aromatic heterocycles. The fourth-order valence-corrected chi connectivity index (χ4v) is 2.12. The number of rotatable bonds is 5. The van der Waals surface area contributed by atoms with E-state index < -0.39 is 0 Å². The summed E-state index contributed by atoms with van der Waals surface area (Å²) in [5, 5.41) is 2.79. The second-order valence-electron chi connectivity index (χ2n) is 4.19. The van der Waals surface area contributed by atoms with Crippen LogP contribution < -0.4 is 5.32 Å². The van der Waals surface area contributed by atoms with Crippen molar-refractivity contribution in [2.75, 3.05) is 11.2 Å². The van der Waals surface area contributed by atoms with Gasteiger partial charge < -0.3 is 9.88 Å². The zero-order valence-electron chi connectivity index (χ0n) is 10.3. The van der Waals surface area contributed by atoms with Gasteiger partial charge in [-0.25, -0.2) is 4.98 Å². The van der Waals surface area contributed by atoms with E-state index in [1.54, 1.807) is 0 Å². The van der Waals surface area contributed by atoms with Gasteiger partial charge in [0.15, 0.2) is 0 Å². The molecule has 0 bridgehead atoms. The highest BCUT2D eigenvalue weighted by molar-refractivity contribution is 6.17. The number of anilines is 1. The van der Waals surface area contributed by atoms with Crippen molar-refractivity contribution >= 4 is 34.2 Å². The third kappa shape index (κ3) is 2.82. The molecule has 5 heteroatoms. The van der Waals surface area contributed by atoms with Crippen molar-refractivity contribution in [3.8, 4) is 0 Å². The highest BCUT2D eigenvalue weighted by atomic mass is 35.5. The van der Waals surface area contributed by atoms with Crippen molar-refractivity contribution in [3.05, 3.63) is 24.5 Å². The Labute approximate surface area is 111 Å². The van der Waals surface area contributed by atoms with E-state index in [0.717, 1.165) is 36.1 Å². The molecule has 0 aliphatic heterocycles. The van der Waals surface area contributed by atoms with Crippen LogP contribution >= 0.6 is 11.6 Å². The highest BCUT2D eigenvalue weighted by Crippen LogP contribution is 2.22. The molecular weight excluding hydrogens is 250 g/mol. The molecule has 18 heavy (non-hydrogen) atoms. The van der Waals surface area contributed by atoms with Crippen molar-refractivity contribution in [1.29, 1.82) is 0 Å². The SMILES string of the molecule is CC(=O)Nc1cccc2c1ncn2CCCCCl. The van der Waals surface area contributed by atoms with Crippen LogP contribution in [0.1, 0.15) is 19.8 Å². The second-order valence-corrected chi connectivity index (χ2v) is 4.57. The molecule has 0 aliphatic carbocycles. The largest absolute Gasteiger partial charge is 0.331 e. The predicted octanol–water partition coefficient (Wildman–Crippen LogP) is 3.01. The molecule has 0 radical (unpaired) electrons. The first-order valence-electron chi connectivity index (χ1n) is 6.00. The topological polar surface area (TPSA) is 46.9 Å². The number of nitrogens with zero attached hydrogens (tertiary/aromatic N) is 2. The van der Waals surface area contributed by atoms with Gasteiger partial charge >= 0.3 is 0 Å². The number of imidazole rings is 1. The van der Waals surface area contributed by atoms with E-state index in [-0.39, 0.29) is 5.91 Å². The number of aryl methyl sites for hydroxylation is 1. The monoisotopic (exact) mass is 265 g/mol. The summed E-state index contributed by atoms with van der Waals surface area (Å²) in [6.07, 6.45) is 3.83. The van der Waals surface area contributed by atoms with E-state index in [1.807, 2.05) is 24.5 Å². The number of hydrogen-bond acceptors (Lipinski definition) is 2. The molecule has 4 nitrogen and oxygen atoms in total. The lowest BCUT2D eigenvalue weighted by Gasteiger charge is -2.05. The van der Waals surface area contributed by atoms with Gasteiger partial charge in [0.1, 0.15) is 5.52 Å². The van der Waals surface area contributed by atoms with Crippen molar-refractivity contribution in [2.24, 2.45) is 0 Å². The Balaban J connectivity index is 2.27. The number of carbonyl (C=O) groups excluding carboxylic acids is 1. The summed E-state index contributed by atoms with van der Waals surface area (Å²) < 4.78 is 2.09. The smallest absolute Gasteiger partial charge is 0.221 e.